The molecule has 8 nitrogen and oxygen atoms in total. The van der Waals surface area contributed by atoms with Gasteiger partial charge in [0.05, 0.1) is 5.69 Å². The van der Waals surface area contributed by atoms with E-state index in [-0.39, 0.29) is 0 Å². The number of aryl methyl sites for hydroxylation is 4. The fourth-order valence-electron chi connectivity index (χ4n) is 4.09. The molecule has 1 saturated carbocycles. The quantitative estimate of drug-likeness (QED) is 0.662. The Morgan fingerprint density at radius 2 is 1.33 bits per heavy atom. The van der Waals surface area contributed by atoms with Crippen LogP contribution >= 0.6 is 0 Å². The second-order valence-corrected chi connectivity index (χ2v) is 8.44. The predicted molar refractivity (Wildman–Crippen MR) is 117 cm³/mol. The van der Waals surface area contributed by atoms with Gasteiger partial charge in [0.2, 0.25) is 0 Å². The molecule has 3 aromatic rings. The summed E-state index contributed by atoms with van der Waals surface area (Å²) in [6.45, 7) is 11.7. The normalized spacial score (nSPS) is 16.9. The lowest BCUT2D eigenvalue weighted by atomic mass is 10.2. The third kappa shape index (κ3) is 3.74. The maximum atomic E-state index is 4.86. The molecule has 3 aromatic heterocycles. The van der Waals surface area contributed by atoms with Gasteiger partial charge in [0, 0.05) is 55.6 Å². The van der Waals surface area contributed by atoms with Gasteiger partial charge >= 0.3 is 0 Å². The second-order valence-electron chi connectivity index (χ2n) is 8.44. The molecule has 4 heterocycles. The van der Waals surface area contributed by atoms with Crippen molar-refractivity contribution in [1.82, 2.24) is 29.7 Å². The van der Waals surface area contributed by atoms with Crippen molar-refractivity contribution >= 4 is 11.6 Å². The zero-order valence-corrected chi connectivity index (χ0v) is 18.1. The fourth-order valence-corrected chi connectivity index (χ4v) is 4.09. The number of anilines is 2. The van der Waals surface area contributed by atoms with E-state index in [1.54, 1.807) is 0 Å². The van der Waals surface area contributed by atoms with E-state index in [1.807, 2.05) is 24.6 Å². The van der Waals surface area contributed by atoms with Crippen LogP contribution in [0.1, 0.15) is 47.5 Å². The summed E-state index contributed by atoms with van der Waals surface area (Å²) < 4.78 is 1.90. The van der Waals surface area contributed by atoms with Crippen LogP contribution in [0, 0.1) is 27.7 Å². The smallest absolute Gasteiger partial charge is 0.159 e. The summed E-state index contributed by atoms with van der Waals surface area (Å²) in [6.07, 6.45) is 2.45. The van der Waals surface area contributed by atoms with E-state index in [1.165, 1.54) is 12.8 Å². The Morgan fingerprint density at radius 1 is 0.700 bits per heavy atom. The highest BCUT2D eigenvalue weighted by Crippen LogP contribution is 2.38. The third-order valence-electron chi connectivity index (χ3n) is 5.77. The van der Waals surface area contributed by atoms with Crippen molar-refractivity contribution < 1.29 is 0 Å². The van der Waals surface area contributed by atoms with Crippen molar-refractivity contribution in [3.63, 3.8) is 0 Å². The molecule has 2 aliphatic rings. The Hall–Kier alpha value is -3.03. The first-order chi connectivity index (χ1) is 14.5. The molecule has 8 heteroatoms. The van der Waals surface area contributed by atoms with Crippen LogP contribution in [0.3, 0.4) is 0 Å². The number of hydrogen-bond acceptors (Lipinski definition) is 7. The Balaban J connectivity index is 1.34. The lowest BCUT2D eigenvalue weighted by molar-refractivity contribution is 0.635. The van der Waals surface area contributed by atoms with Crippen LogP contribution in [0.2, 0.25) is 0 Å². The molecule has 0 radical (unpaired) electrons. The van der Waals surface area contributed by atoms with Gasteiger partial charge in [0.1, 0.15) is 23.3 Å². The first-order valence-electron chi connectivity index (χ1n) is 10.7. The minimum absolute atomic E-state index is 0.571. The molecular formula is C22H28N8. The molecule has 30 heavy (non-hydrogen) atoms. The van der Waals surface area contributed by atoms with E-state index >= 15 is 0 Å². The summed E-state index contributed by atoms with van der Waals surface area (Å²) in [7, 11) is 0. The number of aromatic nitrogens is 6. The maximum Gasteiger partial charge on any atom is 0.159 e. The first kappa shape index (κ1) is 19.0. The number of rotatable bonds is 4. The van der Waals surface area contributed by atoms with E-state index in [0.29, 0.717) is 5.92 Å². The predicted octanol–water partition coefficient (Wildman–Crippen LogP) is 2.89. The van der Waals surface area contributed by atoms with E-state index in [2.05, 4.69) is 50.8 Å². The summed E-state index contributed by atoms with van der Waals surface area (Å²) in [5.41, 5.74) is 3.13. The lowest BCUT2D eigenvalue weighted by Crippen LogP contribution is -2.47. The van der Waals surface area contributed by atoms with Gasteiger partial charge in [0.25, 0.3) is 0 Å². The van der Waals surface area contributed by atoms with Gasteiger partial charge in [-0.3, -0.25) is 0 Å². The molecule has 0 unspecified atom stereocenters. The van der Waals surface area contributed by atoms with Gasteiger partial charge in [-0.2, -0.15) is 5.10 Å². The molecule has 0 atom stereocenters. The average Bonchev–Trinajstić information content (AvgIpc) is 3.51. The zero-order chi connectivity index (χ0) is 20.8. The standard InChI is InChI=1S/C22H28N8/c1-14-12-19(26-22(23-14)18-5-6-18)28-7-9-29(10-8-28)20-13-21(25-17(4)24-20)30-16(3)11-15(2)27-30/h11-13,18H,5-10H2,1-4H3. The van der Waals surface area contributed by atoms with Gasteiger partial charge in [0.15, 0.2) is 5.82 Å². The van der Waals surface area contributed by atoms with Crippen LogP contribution in [-0.2, 0) is 0 Å². The van der Waals surface area contributed by atoms with Crippen molar-refractivity contribution in [3.8, 4) is 5.82 Å². The minimum Gasteiger partial charge on any atom is -0.353 e. The van der Waals surface area contributed by atoms with Gasteiger partial charge in [-0.25, -0.2) is 24.6 Å². The fraction of sp³-hybridized carbons (Fsp3) is 0.500. The second kappa shape index (κ2) is 7.34. The van der Waals surface area contributed by atoms with Crippen LogP contribution in [0.4, 0.5) is 11.6 Å². The minimum atomic E-state index is 0.571. The molecule has 0 aromatic carbocycles. The third-order valence-corrected chi connectivity index (χ3v) is 5.77. The van der Waals surface area contributed by atoms with Gasteiger partial charge in [-0.1, -0.05) is 0 Å². The summed E-state index contributed by atoms with van der Waals surface area (Å²) >= 11 is 0. The molecule has 2 fully saturated rings. The first-order valence-corrected chi connectivity index (χ1v) is 10.7. The molecule has 0 spiro atoms. The van der Waals surface area contributed by atoms with Crippen molar-refractivity contribution in [1.29, 1.82) is 0 Å². The maximum absolute atomic E-state index is 4.86. The molecule has 5 rings (SSSR count). The summed E-state index contributed by atoms with van der Waals surface area (Å²) in [5.74, 6) is 5.20. The molecule has 1 aliphatic heterocycles. The van der Waals surface area contributed by atoms with Crippen molar-refractivity contribution in [3.05, 3.63) is 46.9 Å². The SMILES string of the molecule is Cc1cc(N2CCN(c3cc(-n4nc(C)cc4C)nc(C)n3)CC2)nc(C2CC2)n1. The molecule has 0 amide bonds. The Bertz CT molecular complexity index is 1080. The van der Waals surface area contributed by atoms with Crippen molar-refractivity contribution in [2.24, 2.45) is 0 Å². The molecule has 1 aliphatic carbocycles. The zero-order valence-electron chi connectivity index (χ0n) is 18.1. The molecule has 0 N–H and O–H groups in total. The van der Waals surface area contributed by atoms with Crippen LogP contribution in [-0.4, -0.2) is 55.9 Å². The largest absolute Gasteiger partial charge is 0.353 e. The Kier molecular flexibility index (Phi) is 4.64. The van der Waals surface area contributed by atoms with E-state index in [9.17, 15) is 0 Å². The monoisotopic (exact) mass is 404 g/mol. The van der Waals surface area contributed by atoms with Crippen molar-refractivity contribution in [2.45, 2.75) is 46.5 Å². The van der Waals surface area contributed by atoms with E-state index in [4.69, 9.17) is 9.97 Å². The van der Waals surface area contributed by atoms with Crippen LogP contribution in [0.15, 0.2) is 18.2 Å². The molecule has 156 valence electrons. The van der Waals surface area contributed by atoms with Gasteiger partial charge in [-0.05, 0) is 46.6 Å². The van der Waals surface area contributed by atoms with E-state index < -0.39 is 0 Å². The topological polar surface area (TPSA) is 75.9 Å². The Labute approximate surface area is 177 Å². The number of hydrogen-bond donors (Lipinski definition) is 0. The number of nitrogens with zero attached hydrogens (tertiary/aromatic N) is 8. The van der Waals surface area contributed by atoms with Gasteiger partial charge in [-0.15, -0.1) is 0 Å². The lowest BCUT2D eigenvalue weighted by Gasteiger charge is -2.36. The highest BCUT2D eigenvalue weighted by Gasteiger charge is 2.28. The van der Waals surface area contributed by atoms with Crippen LogP contribution in [0.5, 0.6) is 0 Å². The van der Waals surface area contributed by atoms with Gasteiger partial charge < -0.3 is 9.80 Å². The summed E-state index contributed by atoms with van der Waals surface area (Å²) in [6, 6.07) is 6.22. The van der Waals surface area contributed by atoms with Crippen LogP contribution < -0.4 is 9.80 Å². The van der Waals surface area contributed by atoms with Crippen LogP contribution in [0.25, 0.3) is 5.82 Å². The summed E-state index contributed by atoms with van der Waals surface area (Å²) in [5, 5.41) is 4.58. The molecule has 0 bridgehead atoms. The number of piperazine rings is 1. The average molecular weight is 405 g/mol. The van der Waals surface area contributed by atoms with Crippen molar-refractivity contribution in [2.75, 3.05) is 36.0 Å². The van der Waals surface area contributed by atoms with E-state index in [0.717, 1.165) is 72.4 Å². The summed E-state index contributed by atoms with van der Waals surface area (Å²) in [4.78, 5) is 23.5. The highest BCUT2D eigenvalue weighted by atomic mass is 15.3. The Morgan fingerprint density at radius 3 is 1.93 bits per heavy atom. The highest BCUT2D eigenvalue weighted by molar-refractivity contribution is 5.48. The molecular weight excluding hydrogens is 376 g/mol. The molecule has 1 saturated heterocycles.